The first-order chi connectivity index (χ1) is 7.33. The highest BCUT2D eigenvalue weighted by molar-refractivity contribution is 5.85. The molecule has 15 heavy (non-hydrogen) atoms. The summed E-state index contributed by atoms with van der Waals surface area (Å²) in [5.74, 6) is 0.853. The third-order valence-electron chi connectivity index (χ3n) is 3.57. The van der Waals surface area contributed by atoms with Crippen LogP contribution in [0, 0.1) is 5.92 Å². The Morgan fingerprint density at radius 2 is 2.00 bits per heavy atom. The van der Waals surface area contributed by atoms with E-state index in [1.807, 2.05) is 0 Å². The van der Waals surface area contributed by atoms with Gasteiger partial charge in [0.2, 0.25) is 0 Å². The van der Waals surface area contributed by atoms with E-state index in [4.69, 9.17) is 0 Å². The Morgan fingerprint density at radius 1 is 1.20 bits per heavy atom. The van der Waals surface area contributed by atoms with E-state index in [2.05, 4.69) is 18.2 Å². The second-order valence-corrected chi connectivity index (χ2v) is 4.87. The Bertz CT molecular complexity index is 402. The van der Waals surface area contributed by atoms with Crippen LogP contribution in [0.15, 0.2) is 18.2 Å². The van der Waals surface area contributed by atoms with E-state index in [1.165, 1.54) is 36.0 Å². The van der Waals surface area contributed by atoms with Crippen molar-refractivity contribution in [2.45, 2.75) is 38.5 Å². The number of hydrogen-bond donors (Lipinski definition) is 0. The van der Waals surface area contributed by atoms with Gasteiger partial charge in [0, 0.05) is 12.3 Å². The van der Waals surface area contributed by atoms with Crippen molar-refractivity contribution in [2.75, 3.05) is 0 Å². The van der Waals surface area contributed by atoms with Gasteiger partial charge in [0.1, 0.15) is 5.78 Å². The van der Waals surface area contributed by atoms with Gasteiger partial charge in [-0.3, -0.25) is 4.79 Å². The molecule has 0 saturated heterocycles. The van der Waals surface area contributed by atoms with Crippen molar-refractivity contribution in [3.8, 4) is 0 Å². The molecule has 1 fully saturated rings. The lowest BCUT2D eigenvalue weighted by Crippen LogP contribution is -2.04. The zero-order chi connectivity index (χ0) is 10.3. The molecule has 1 nitrogen and oxygen atoms in total. The lowest BCUT2D eigenvalue weighted by Gasteiger charge is -2.03. The van der Waals surface area contributed by atoms with E-state index < -0.39 is 0 Å². The number of benzene rings is 1. The summed E-state index contributed by atoms with van der Waals surface area (Å²) in [4.78, 5) is 11.7. The van der Waals surface area contributed by atoms with Crippen LogP contribution in [0.25, 0.3) is 0 Å². The first-order valence-corrected chi connectivity index (χ1v) is 5.96. The van der Waals surface area contributed by atoms with Gasteiger partial charge >= 0.3 is 0 Å². The maximum atomic E-state index is 11.7. The first-order valence-electron chi connectivity index (χ1n) is 5.96. The molecule has 1 saturated carbocycles. The van der Waals surface area contributed by atoms with Crippen LogP contribution < -0.4 is 0 Å². The largest absolute Gasteiger partial charge is 0.299 e. The highest BCUT2D eigenvalue weighted by Gasteiger charge is 2.29. The van der Waals surface area contributed by atoms with Gasteiger partial charge in [-0.15, -0.1) is 0 Å². The van der Waals surface area contributed by atoms with Gasteiger partial charge in [-0.2, -0.15) is 0 Å². The Morgan fingerprint density at radius 3 is 2.80 bits per heavy atom. The van der Waals surface area contributed by atoms with Gasteiger partial charge < -0.3 is 0 Å². The van der Waals surface area contributed by atoms with Gasteiger partial charge in [0.25, 0.3) is 0 Å². The molecule has 0 bridgehead atoms. The van der Waals surface area contributed by atoms with Gasteiger partial charge in [-0.1, -0.05) is 18.2 Å². The fourth-order valence-electron chi connectivity index (χ4n) is 2.49. The first kappa shape index (κ1) is 9.14. The molecule has 0 aromatic heterocycles. The van der Waals surface area contributed by atoms with E-state index in [0.717, 1.165) is 12.8 Å². The van der Waals surface area contributed by atoms with Crippen LogP contribution in [0.5, 0.6) is 0 Å². The van der Waals surface area contributed by atoms with E-state index in [1.54, 1.807) is 0 Å². The van der Waals surface area contributed by atoms with Crippen LogP contribution in [-0.4, -0.2) is 5.78 Å². The smallest absolute Gasteiger partial charge is 0.140 e. The molecule has 1 aromatic carbocycles. The summed E-state index contributed by atoms with van der Waals surface area (Å²) >= 11 is 0. The minimum atomic E-state index is 0.401. The zero-order valence-corrected chi connectivity index (χ0v) is 8.96. The lowest BCUT2D eigenvalue weighted by atomic mass is 10.0. The number of ketones is 1. The molecule has 0 N–H and O–H groups in total. The third-order valence-corrected chi connectivity index (χ3v) is 3.57. The third kappa shape index (κ3) is 1.83. The van der Waals surface area contributed by atoms with Crippen molar-refractivity contribution in [3.05, 3.63) is 34.9 Å². The van der Waals surface area contributed by atoms with E-state index in [0.29, 0.717) is 18.1 Å². The predicted octanol–water partition coefficient (Wildman–Crippen LogP) is 2.70. The molecule has 2 aliphatic rings. The fourth-order valence-corrected chi connectivity index (χ4v) is 2.49. The number of fused-ring (bicyclic) bond motifs is 1. The van der Waals surface area contributed by atoms with Gasteiger partial charge in [0.05, 0.1) is 0 Å². The maximum Gasteiger partial charge on any atom is 0.140 e. The monoisotopic (exact) mass is 200 g/mol. The molecule has 0 amide bonds. The lowest BCUT2D eigenvalue weighted by molar-refractivity contribution is -0.119. The zero-order valence-electron chi connectivity index (χ0n) is 8.96. The maximum absolute atomic E-state index is 11.7. The van der Waals surface area contributed by atoms with Crippen molar-refractivity contribution in [3.63, 3.8) is 0 Å². The Labute approximate surface area is 90.5 Å². The Balaban J connectivity index is 1.77. The van der Waals surface area contributed by atoms with Gasteiger partial charge in [0.15, 0.2) is 0 Å². The molecule has 0 atom stereocenters. The number of rotatable bonds is 3. The normalized spacial score (nSPS) is 18.9. The van der Waals surface area contributed by atoms with Crippen LogP contribution in [0.1, 0.15) is 36.0 Å². The highest BCUT2D eigenvalue weighted by Crippen LogP contribution is 2.31. The molecule has 0 radical (unpaired) electrons. The molecule has 1 heteroatoms. The standard InChI is InChI=1S/C14H16O/c15-14(12-6-7-12)9-10-4-5-11-2-1-3-13(11)8-10/h4-5,8,12H,1-3,6-7,9H2. The Hall–Kier alpha value is -1.11. The summed E-state index contributed by atoms with van der Waals surface area (Å²) in [5.41, 5.74) is 4.21. The molecular weight excluding hydrogens is 184 g/mol. The second kappa shape index (κ2) is 3.48. The summed E-state index contributed by atoms with van der Waals surface area (Å²) in [7, 11) is 0. The summed E-state index contributed by atoms with van der Waals surface area (Å²) < 4.78 is 0. The van der Waals surface area contributed by atoms with Crippen LogP contribution >= 0.6 is 0 Å². The number of carbonyl (C=O) groups excluding carboxylic acids is 1. The van der Waals surface area contributed by atoms with Crippen molar-refractivity contribution in [1.29, 1.82) is 0 Å². The summed E-state index contributed by atoms with van der Waals surface area (Å²) in [6.45, 7) is 0. The molecule has 0 spiro atoms. The number of hydrogen-bond acceptors (Lipinski definition) is 1. The molecule has 78 valence electrons. The summed E-state index contributed by atoms with van der Waals surface area (Å²) in [5, 5.41) is 0. The van der Waals surface area contributed by atoms with E-state index >= 15 is 0 Å². The van der Waals surface area contributed by atoms with Crippen LogP contribution in [0.3, 0.4) is 0 Å². The number of aryl methyl sites for hydroxylation is 2. The number of Topliss-reactive ketones (excluding diaryl/α,β-unsaturated/α-hetero) is 1. The van der Waals surface area contributed by atoms with Crippen molar-refractivity contribution >= 4 is 5.78 Å². The SMILES string of the molecule is O=C(Cc1ccc2c(c1)CCC2)C1CC1. The van der Waals surface area contributed by atoms with E-state index in [-0.39, 0.29) is 0 Å². The quantitative estimate of drug-likeness (QED) is 0.733. The molecule has 2 aliphatic carbocycles. The van der Waals surface area contributed by atoms with Crippen LogP contribution in [0.2, 0.25) is 0 Å². The predicted molar refractivity (Wildman–Crippen MR) is 59.9 cm³/mol. The minimum Gasteiger partial charge on any atom is -0.299 e. The van der Waals surface area contributed by atoms with Crippen molar-refractivity contribution in [2.24, 2.45) is 5.92 Å². The number of carbonyl (C=O) groups is 1. The van der Waals surface area contributed by atoms with Crippen LogP contribution in [0.4, 0.5) is 0 Å². The molecule has 3 rings (SSSR count). The topological polar surface area (TPSA) is 17.1 Å². The molecular formula is C14H16O. The molecule has 0 heterocycles. The van der Waals surface area contributed by atoms with Crippen molar-refractivity contribution in [1.82, 2.24) is 0 Å². The molecule has 0 unspecified atom stereocenters. The van der Waals surface area contributed by atoms with E-state index in [9.17, 15) is 4.79 Å². The van der Waals surface area contributed by atoms with Gasteiger partial charge in [-0.25, -0.2) is 0 Å². The Kier molecular flexibility index (Phi) is 2.12. The molecule has 0 aliphatic heterocycles. The van der Waals surface area contributed by atoms with Gasteiger partial charge in [-0.05, 0) is 48.8 Å². The second-order valence-electron chi connectivity index (χ2n) is 4.87. The molecule has 1 aromatic rings. The average Bonchev–Trinajstić information content (AvgIpc) is 2.98. The summed E-state index contributed by atoms with van der Waals surface area (Å²) in [6, 6.07) is 6.62. The van der Waals surface area contributed by atoms with Crippen LogP contribution in [-0.2, 0) is 24.1 Å². The minimum absolute atomic E-state index is 0.401. The highest BCUT2D eigenvalue weighted by atomic mass is 16.1. The fraction of sp³-hybridized carbons (Fsp3) is 0.500. The summed E-state index contributed by atoms with van der Waals surface area (Å²) in [6.07, 6.45) is 6.65. The average molecular weight is 200 g/mol. The van der Waals surface area contributed by atoms with Crippen molar-refractivity contribution < 1.29 is 4.79 Å².